The molecule has 1 heterocycles. The van der Waals surface area contributed by atoms with Crippen LogP contribution in [-0.2, 0) is 0 Å². The lowest BCUT2D eigenvalue weighted by molar-refractivity contribution is -0.117. The van der Waals surface area contributed by atoms with E-state index >= 15 is 0 Å². The molecule has 120 valence electrons. The van der Waals surface area contributed by atoms with Crippen molar-refractivity contribution in [3.63, 3.8) is 0 Å². The monoisotopic (exact) mass is 392 g/mol. The Morgan fingerprint density at radius 3 is 2.61 bits per heavy atom. The highest BCUT2D eigenvalue weighted by Crippen LogP contribution is 2.31. The number of H-pyrrole nitrogens is 1. The Balaban J connectivity index is 2.07. The third kappa shape index (κ3) is 3.61. The average molecular weight is 394 g/mol. The third-order valence-corrected chi connectivity index (χ3v) is 4.58. The van der Waals surface area contributed by atoms with Gasteiger partial charge in [0.2, 0.25) is 0 Å². The fourth-order valence-electron chi connectivity index (χ4n) is 2.79. The molecule has 0 saturated heterocycles. The van der Waals surface area contributed by atoms with Crippen molar-refractivity contribution < 1.29 is 5.21 Å². The maximum Gasteiger partial charge on any atom is 0.0998 e. The summed E-state index contributed by atoms with van der Waals surface area (Å²) in [7, 11) is 0. The molecule has 3 aromatic rings. The first kappa shape index (κ1) is 16.5. The predicted molar refractivity (Wildman–Crippen MR) is 98.1 cm³/mol. The van der Waals surface area contributed by atoms with Crippen LogP contribution < -0.4 is 0 Å². The molecule has 1 aromatic heterocycles. The van der Waals surface area contributed by atoms with E-state index in [1.807, 2.05) is 43.3 Å². The first-order valence-corrected chi connectivity index (χ1v) is 8.74. The van der Waals surface area contributed by atoms with Gasteiger partial charge in [-0.15, -0.1) is 0 Å². The molecule has 3 rings (SSSR count). The van der Waals surface area contributed by atoms with Gasteiger partial charge in [0.15, 0.2) is 0 Å². The number of hydrogen-bond donors (Lipinski definition) is 2. The number of benzene rings is 2. The van der Waals surface area contributed by atoms with Crippen molar-refractivity contribution in [3.05, 3.63) is 69.3 Å². The maximum absolute atomic E-state index is 10.5. The van der Waals surface area contributed by atoms with E-state index in [1.165, 1.54) is 5.06 Å². The molecule has 0 aliphatic heterocycles. The van der Waals surface area contributed by atoms with E-state index in [0.29, 0.717) is 11.6 Å². The van der Waals surface area contributed by atoms with Gasteiger partial charge in [-0.1, -0.05) is 46.6 Å². The van der Waals surface area contributed by atoms with E-state index < -0.39 is 0 Å². The van der Waals surface area contributed by atoms with Gasteiger partial charge >= 0.3 is 0 Å². The van der Waals surface area contributed by atoms with Crippen molar-refractivity contribution in [1.82, 2.24) is 10.0 Å². The molecular weight excluding hydrogens is 376 g/mol. The number of halogens is 2. The molecule has 3 nitrogen and oxygen atoms in total. The van der Waals surface area contributed by atoms with Crippen molar-refractivity contribution in [2.75, 3.05) is 6.54 Å². The molecule has 0 aliphatic carbocycles. The summed E-state index contributed by atoms with van der Waals surface area (Å²) in [5.41, 5.74) is 3.00. The zero-order valence-corrected chi connectivity index (χ0v) is 15.1. The van der Waals surface area contributed by atoms with E-state index in [0.717, 1.165) is 33.1 Å². The van der Waals surface area contributed by atoms with E-state index in [2.05, 4.69) is 33.0 Å². The quantitative estimate of drug-likeness (QED) is 0.540. The van der Waals surface area contributed by atoms with Gasteiger partial charge in [0.1, 0.15) is 0 Å². The van der Waals surface area contributed by atoms with E-state index in [4.69, 9.17) is 11.6 Å². The Kier molecular flexibility index (Phi) is 5.07. The smallest absolute Gasteiger partial charge is 0.0998 e. The van der Waals surface area contributed by atoms with Crippen LogP contribution in [0, 0.1) is 0 Å². The van der Waals surface area contributed by atoms with Gasteiger partial charge in [-0.25, -0.2) is 0 Å². The molecule has 23 heavy (non-hydrogen) atoms. The molecule has 0 saturated carbocycles. The molecule has 1 atom stereocenters. The van der Waals surface area contributed by atoms with Crippen LogP contribution in [0.25, 0.3) is 10.9 Å². The van der Waals surface area contributed by atoms with Gasteiger partial charge in [-0.3, -0.25) is 0 Å². The number of aromatic amines is 1. The number of aromatic nitrogens is 1. The average Bonchev–Trinajstić information content (AvgIpc) is 2.92. The van der Waals surface area contributed by atoms with Crippen molar-refractivity contribution in [2.24, 2.45) is 0 Å². The van der Waals surface area contributed by atoms with E-state index in [1.54, 1.807) is 0 Å². The van der Waals surface area contributed by atoms with Crippen LogP contribution in [-0.4, -0.2) is 21.8 Å². The van der Waals surface area contributed by atoms with Crippen LogP contribution in [0.15, 0.2) is 53.0 Å². The maximum atomic E-state index is 10.5. The highest BCUT2D eigenvalue weighted by molar-refractivity contribution is 9.10. The Morgan fingerprint density at radius 1 is 1.17 bits per heavy atom. The summed E-state index contributed by atoms with van der Waals surface area (Å²) in [5.74, 6) is 0. The van der Waals surface area contributed by atoms with Crippen molar-refractivity contribution >= 4 is 38.4 Å². The number of rotatable bonds is 5. The lowest BCUT2D eigenvalue weighted by Crippen LogP contribution is -2.27. The fraction of sp³-hybridized carbons (Fsp3) is 0.222. The topological polar surface area (TPSA) is 39.3 Å². The van der Waals surface area contributed by atoms with Crippen molar-refractivity contribution in [2.45, 2.75) is 19.4 Å². The summed E-state index contributed by atoms with van der Waals surface area (Å²) in [6, 6.07) is 15.5. The minimum absolute atomic E-state index is 0.251. The Morgan fingerprint density at radius 2 is 1.91 bits per heavy atom. The van der Waals surface area contributed by atoms with Gasteiger partial charge in [-0.2, -0.15) is 5.06 Å². The highest BCUT2D eigenvalue weighted by Gasteiger charge is 2.22. The zero-order chi connectivity index (χ0) is 16.4. The van der Waals surface area contributed by atoms with E-state index in [9.17, 15) is 5.21 Å². The third-order valence-electron chi connectivity index (χ3n) is 3.83. The molecule has 0 aliphatic rings. The Hall–Kier alpha value is -1.33. The number of nitrogens with one attached hydrogen (secondary N) is 1. The molecule has 0 amide bonds. The van der Waals surface area contributed by atoms with Crippen LogP contribution in [0.4, 0.5) is 0 Å². The molecule has 0 radical (unpaired) electrons. The lowest BCUT2D eigenvalue weighted by Gasteiger charge is -2.25. The predicted octanol–water partition coefficient (Wildman–Crippen LogP) is 5.77. The van der Waals surface area contributed by atoms with Crippen LogP contribution >= 0.6 is 27.5 Å². The second-order valence-corrected chi connectivity index (χ2v) is 6.93. The highest BCUT2D eigenvalue weighted by atomic mass is 79.9. The second kappa shape index (κ2) is 7.05. The van der Waals surface area contributed by atoms with Gasteiger partial charge in [0.05, 0.1) is 6.04 Å². The van der Waals surface area contributed by atoms with Crippen LogP contribution in [0.3, 0.4) is 0 Å². The number of fused-ring (bicyclic) bond motifs is 1. The summed E-state index contributed by atoms with van der Waals surface area (Å²) in [4.78, 5) is 3.42. The number of hydroxylamine groups is 2. The molecule has 0 spiro atoms. The normalized spacial score (nSPS) is 12.9. The Labute approximate surface area is 149 Å². The summed E-state index contributed by atoms with van der Waals surface area (Å²) in [6.45, 7) is 2.64. The van der Waals surface area contributed by atoms with Crippen molar-refractivity contribution in [3.8, 4) is 0 Å². The fourth-order valence-corrected chi connectivity index (χ4v) is 3.29. The largest absolute Gasteiger partial charge is 0.357 e. The van der Waals surface area contributed by atoms with Crippen LogP contribution in [0.5, 0.6) is 0 Å². The lowest BCUT2D eigenvalue weighted by atomic mass is 10.0. The minimum Gasteiger partial charge on any atom is -0.357 e. The van der Waals surface area contributed by atoms with Gasteiger partial charge < -0.3 is 10.2 Å². The van der Waals surface area contributed by atoms with Crippen LogP contribution in [0.2, 0.25) is 5.02 Å². The van der Waals surface area contributed by atoms with Gasteiger partial charge in [-0.05, 0) is 48.4 Å². The summed E-state index contributed by atoms with van der Waals surface area (Å²) >= 11 is 9.49. The molecule has 0 bridgehead atoms. The van der Waals surface area contributed by atoms with Gasteiger partial charge in [0.25, 0.3) is 0 Å². The number of hydrogen-bond acceptors (Lipinski definition) is 2. The second-order valence-electron chi connectivity index (χ2n) is 5.57. The molecule has 1 unspecified atom stereocenters. The standard InChI is InChI=1S/C18H18BrClN2O/c1-2-9-22(23)18(12-3-6-15(20)7-4-12)17-11-13-10-14(19)5-8-16(13)21-17/h3-8,10-11,18,21,23H,2,9H2,1H3. The first-order valence-electron chi connectivity index (χ1n) is 7.57. The molecule has 5 heteroatoms. The molecule has 0 fully saturated rings. The van der Waals surface area contributed by atoms with Crippen molar-refractivity contribution in [1.29, 1.82) is 0 Å². The molecule has 2 N–H and O–H groups in total. The summed E-state index contributed by atoms with van der Waals surface area (Å²) in [6.07, 6.45) is 0.867. The minimum atomic E-state index is -0.251. The molecular formula is C18H18BrClN2O. The SMILES string of the molecule is CCCN(O)C(c1ccc(Cl)cc1)c1cc2cc(Br)ccc2[nH]1. The first-order chi connectivity index (χ1) is 11.1. The summed E-state index contributed by atoms with van der Waals surface area (Å²) < 4.78 is 1.04. The number of nitrogens with zero attached hydrogens (tertiary/aromatic N) is 1. The molecule has 2 aromatic carbocycles. The zero-order valence-electron chi connectivity index (χ0n) is 12.8. The van der Waals surface area contributed by atoms with E-state index in [-0.39, 0.29) is 6.04 Å². The Bertz CT molecular complexity index is 800. The van der Waals surface area contributed by atoms with Crippen LogP contribution in [0.1, 0.15) is 30.6 Å². The summed E-state index contributed by atoms with van der Waals surface area (Å²) in [5, 5.41) is 13.7. The van der Waals surface area contributed by atoms with Gasteiger partial charge in [0, 0.05) is 32.6 Å².